The number of amides is 1. The maximum atomic E-state index is 11.7. The third-order valence-corrected chi connectivity index (χ3v) is 3.24. The Balaban J connectivity index is 2.37. The third-order valence-electron chi connectivity index (χ3n) is 2.60. The molecule has 1 heterocycles. The molecule has 0 saturated carbocycles. The van der Waals surface area contributed by atoms with Crippen molar-refractivity contribution in [2.45, 2.75) is 13.8 Å². The van der Waals surface area contributed by atoms with E-state index in [-0.39, 0.29) is 5.91 Å². The van der Waals surface area contributed by atoms with E-state index < -0.39 is 0 Å². The molecule has 1 aromatic rings. The van der Waals surface area contributed by atoms with Crippen molar-refractivity contribution in [1.82, 2.24) is 15.2 Å². The lowest BCUT2D eigenvalue weighted by Gasteiger charge is -2.17. The Morgan fingerprint density at radius 3 is 2.65 bits per heavy atom. The fraction of sp³-hybridized carbons (Fsp3) is 0.500. The van der Waals surface area contributed by atoms with Crippen LogP contribution in [0.3, 0.4) is 0 Å². The monoisotopic (exact) mass is 344 g/mol. The van der Waals surface area contributed by atoms with Crippen molar-refractivity contribution in [1.29, 1.82) is 0 Å². The van der Waals surface area contributed by atoms with Crippen LogP contribution in [0.2, 0.25) is 0 Å². The first-order valence-corrected chi connectivity index (χ1v) is 6.87. The molecular weight excluding hydrogens is 326 g/mol. The van der Waals surface area contributed by atoms with Crippen LogP contribution in [0, 0.1) is 3.70 Å². The van der Waals surface area contributed by atoms with Crippen molar-refractivity contribution in [3.63, 3.8) is 0 Å². The summed E-state index contributed by atoms with van der Waals surface area (Å²) in [6.45, 7) is 7.82. The Kier molecular flexibility index (Phi) is 6.43. The molecule has 4 nitrogen and oxygen atoms in total. The third kappa shape index (κ3) is 4.99. The average Bonchev–Trinajstić information content (AvgIpc) is 2.35. The second kappa shape index (κ2) is 7.60. The van der Waals surface area contributed by atoms with Gasteiger partial charge in [0.05, 0.1) is 5.56 Å². The molecule has 1 amide bonds. The molecule has 0 atom stereocenters. The maximum Gasteiger partial charge on any atom is 0.252 e. The summed E-state index contributed by atoms with van der Waals surface area (Å²) in [6, 6.07) is 3.63. The molecular formula is C12H18IN3O. The first kappa shape index (κ1) is 14.4. The molecule has 1 aromatic heterocycles. The molecule has 17 heavy (non-hydrogen) atoms. The molecule has 1 N–H and O–H groups in total. The van der Waals surface area contributed by atoms with Gasteiger partial charge in [0, 0.05) is 19.3 Å². The molecule has 0 unspecified atom stereocenters. The zero-order valence-corrected chi connectivity index (χ0v) is 12.4. The van der Waals surface area contributed by atoms with Gasteiger partial charge in [-0.3, -0.25) is 4.79 Å². The van der Waals surface area contributed by atoms with Crippen LogP contribution in [-0.4, -0.2) is 42.0 Å². The minimum absolute atomic E-state index is 0.0546. The van der Waals surface area contributed by atoms with Crippen LogP contribution in [0.5, 0.6) is 0 Å². The second-order valence-electron chi connectivity index (χ2n) is 3.65. The molecule has 0 saturated heterocycles. The number of nitrogens with one attached hydrogen (secondary N) is 1. The molecule has 94 valence electrons. The highest BCUT2D eigenvalue weighted by Gasteiger charge is 2.05. The molecule has 0 aliphatic rings. The van der Waals surface area contributed by atoms with Crippen LogP contribution < -0.4 is 5.32 Å². The first-order chi connectivity index (χ1) is 8.17. The van der Waals surface area contributed by atoms with Gasteiger partial charge in [-0.05, 0) is 47.8 Å². The zero-order chi connectivity index (χ0) is 12.7. The van der Waals surface area contributed by atoms with Gasteiger partial charge in [0.15, 0.2) is 0 Å². The smallest absolute Gasteiger partial charge is 0.252 e. The highest BCUT2D eigenvalue weighted by atomic mass is 124. The molecule has 1 rings (SSSR count). The van der Waals surface area contributed by atoms with E-state index in [1.165, 1.54) is 0 Å². The lowest BCUT2D eigenvalue weighted by molar-refractivity contribution is 0.0948. The van der Waals surface area contributed by atoms with E-state index in [0.717, 1.165) is 23.3 Å². The molecule has 0 bridgehead atoms. The zero-order valence-electron chi connectivity index (χ0n) is 10.2. The van der Waals surface area contributed by atoms with Gasteiger partial charge in [-0.25, -0.2) is 4.98 Å². The van der Waals surface area contributed by atoms with Gasteiger partial charge in [0.25, 0.3) is 5.91 Å². The normalized spacial score (nSPS) is 10.6. The van der Waals surface area contributed by atoms with Crippen molar-refractivity contribution in [2.24, 2.45) is 0 Å². The molecule has 5 heteroatoms. The predicted octanol–water partition coefficient (Wildman–Crippen LogP) is 1.76. The van der Waals surface area contributed by atoms with Crippen LogP contribution in [0.4, 0.5) is 0 Å². The first-order valence-electron chi connectivity index (χ1n) is 5.79. The highest BCUT2D eigenvalue weighted by Crippen LogP contribution is 2.02. The lowest BCUT2D eigenvalue weighted by Crippen LogP contribution is -2.34. The Morgan fingerprint density at radius 1 is 1.41 bits per heavy atom. The Labute approximate surface area is 116 Å². The van der Waals surface area contributed by atoms with Crippen molar-refractivity contribution in [3.8, 4) is 0 Å². The van der Waals surface area contributed by atoms with Gasteiger partial charge in [-0.1, -0.05) is 13.8 Å². The van der Waals surface area contributed by atoms with E-state index in [1.54, 1.807) is 12.3 Å². The van der Waals surface area contributed by atoms with E-state index in [2.05, 4.69) is 51.6 Å². The summed E-state index contributed by atoms with van der Waals surface area (Å²) in [4.78, 5) is 18.1. The molecule has 0 aliphatic heterocycles. The number of rotatable bonds is 6. The summed E-state index contributed by atoms with van der Waals surface area (Å²) < 4.78 is 0.891. The standard InChI is InChI=1S/C12H18IN3O/c1-3-16(4-2)8-7-14-12(17)10-5-6-11(13)15-9-10/h5-6,9H,3-4,7-8H2,1-2H3,(H,14,17)/i13-3. The van der Waals surface area contributed by atoms with Gasteiger partial charge < -0.3 is 10.2 Å². The van der Waals surface area contributed by atoms with E-state index >= 15 is 0 Å². The van der Waals surface area contributed by atoms with Crippen LogP contribution >= 0.6 is 22.6 Å². The molecule has 0 aliphatic carbocycles. The number of hydrogen-bond donors (Lipinski definition) is 1. The number of hydrogen-bond acceptors (Lipinski definition) is 3. The number of likely N-dealkylation sites (N-methyl/N-ethyl adjacent to an activating group) is 1. The summed E-state index contributed by atoms with van der Waals surface area (Å²) in [6.07, 6.45) is 1.61. The second-order valence-corrected chi connectivity index (χ2v) is 4.76. The van der Waals surface area contributed by atoms with Crippen LogP contribution in [0.1, 0.15) is 24.2 Å². The van der Waals surface area contributed by atoms with E-state index in [4.69, 9.17) is 0 Å². The Bertz CT molecular complexity index is 349. The molecule has 0 radical (unpaired) electrons. The van der Waals surface area contributed by atoms with E-state index in [1.807, 2.05) is 6.07 Å². The molecule has 0 spiro atoms. The highest BCUT2D eigenvalue weighted by molar-refractivity contribution is 14.1. The largest absolute Gasteiger partial charge is 0.351 e. The number of aromatic nitrogens is 1. The average molecular weight is 344 g/mol. The van der Waals surface area contributed by atoms with Crippen LogP contribution in [-0.2, 0) is 0 Å². The van der Waals surface area contributed by atoms with Crippen molar-refractivity contribution >= 4 is 28.5 Å². The summed E-state index contributed by atoms with van der Waals surface area (Å²) in [5.41, 5.74) is 0.616. The fourth-order valence-corrected chi connectivity index (χ4v) is 1.80. The SMILES string of the molecule is CCN(CC)CCNC(=O)c1ccc([124I])nc1. The summed E-state index contributed by atoms with van der Waals surface area (Å²) >= 11 is 2.12. The fourth-order valence-electron chi connectivity index (χ4n) is 1.48. The van der Waals surface area contributed by atoms with Crippen molar-refractivity contribution in [2.75, 3.05) is 26.2 Å². The number of pyridine rings is 1. The van der Waals surface area contributed by atoms with Gasteiger partial charge >= 0.3 is 0 Å². The minimum Gasteiger partial charge on any atom is -0.351 e. The molecule has 0 fully saturated rings. The topological polar surface area (TPSA) is 45.2 Å². The predicted molar refractivity (Wildman–Crippen MR) is 77.1 cm³/mol. The van der Waals surface area contributed by atoms with Crippen LogP contribution in [0.25, 0.3) is 0 Å². The maximum absolute atomic E-state index is 11.7. The molecule has 0 aromatic carbocycles. The number of nitrogens with zero attached hydrogens (tertiary/aromatic N) is 2. The van der Waals surface area contributed by atoms with Gasteiger partial charge in [0.1, 0.15) is 3.70 Å². The minimum atomic E-state index is -0.0546. The summed E-state index contributed by atoms with van der Waals surface area (Å²) in [5, 5.41) is 2.89. The quantitative estimate of drug-likeness (QED) is 0.632. The Morgan fingerprint density at radius 2 is 2.12 bits per heavy atom. The van der Waals surface area contributed by atoms with Crippen molar-refractivity contribution < 1.29 is 4.79 Å². The number of carbonyl (C=O) groups is 1. The van der Waals surface area contributed by atoms with Gasteiger partial charge in [-0.15, -0.1) is 0 Å². The number of carbonyl (C=O) groups excluding carboxylic acids is 1. The Hall–Kier alpha value is -0.690. The van der Waals surface area contributed by atoms with Crippen LogP contribution in [0.15, 0.2) is 18.3 Å². The number of halogens is 1. The van der Waals surface area contributed by atoms with Gasteiger partial charge in [0.2, 0.25) is 0 Å². The summed E-state index contributed by atoms with van der Waals surface area (Å²) in [5.74, 6) is -0.0546. The van der Waals surface area contributed by atoms with Crippen molar-refractivity contribution in [3.05, 3.63) is 27.6 Å². The lowest BCUT2D eigenvalue weighted by atomic mass is 10.3. The van der Waals surface area contributed by atoms with E-state index in [0.29, 0.717) is 12.1 Å². The summed E-state index contributed by atoms with van der Waals surface area (Å²) in [7, 11) is 0. The van der Waals surface area contributed by atoms with Gasteiger partial charge in [-0.2, -0.15) is 0 Å². The van der Waals surface area contributed by atoms with E-state index in [9.17, 15) is 4.79 Å².